The summed E-state index contributed by atoms with van der Waals surface area (Å²) in [5.74, 6) is -0.380. The predicted molar refractivity (Wildman–Crippen MR) is 70.3 cm³/mol. The molecule has 0 spiro atoms. The SMILES string of the molecule is CCCCn1nc(C)c(CC(N)C(=O)OC)c1C. The molecule has 0 bridgehead atoms. The molecule has 0 aromatic carbocycles. The van der Waals surface area contributed by atoms with Gasteiger partial charge >= 0.3 is 5.97 Å². The molecular weight excluding hydrogens is 230 g/mol. The number of methoxy groups -OCH3 is 1. The molecule has 5 heteroatoms. The molecule has 1 heterocycles. The van der Waals surface area contributed by atoms with Crippen LogP contribution in [0.1, 0.15) is 36.7 Å². The lowest BCUT2D eigenvalue weighted by molar-refractivity contribution is -0.142. The maximum absolute atomic E-state index is 11.3. The molecule has 0 aliphatic rings. The topological polar surface area (TPSA) is 70.1 Å². The van der Waals surface area contributed by atoms with E-state index in [0.717, 1.165) is 36.3 Å². The highest BCUT2D eigenvalue weighted by molar-refractivity contribution is 5.75. The zero-order valence-corrected chi connectivity index (χ0v) is 11.7. The lowest BCUT2D eigenvalue weighted by Crippen LogP contribution is -2.34. The van der Waals surface area contributed by atoms with Gasteiger partial charge in [-0.1, -0.05) is 13.3 Å². The Hall–Kier alpha value is -1.36. The third kappa shape index (κ3) is 3.32. The third-order valence-electron chi connectivity index (χ3n) is 3.18. The summed E-state index contributed by atoms with van der Waals surface area (Å²) < 4.78 is 6.64. The molecular formula is C13H23N3O2. The van der Waals surface area contributed by atoms with E-state index in [-0.39, 0.29) is 5.97 Å². The molecule has 0 fully saturated rings. The predicted octanol–water partition coefficient (Wildman–Crippen LogP) is 1.34. The number of esters is 1. The number of aryl methyl sites for hydroxylation is 2. The molecule has 0 aliphatic heterocycles. The van der Waals surface area contributed by atoms with Crippen LogP contribution in [-0.2, 0) is 22.5 Å². The molecule has 5 nitrogen and oxygen atoms in total. The van der Waals surface area contributed by atoms with Crippen LogP contribution in [0.2, 0.25) is 0 Å². The van der Waals surface area contributed by atoms with Gasteiger partial charge in [0.2, 0.25) is 0 Å². The van der Waals surface area contributed by atoms with Crippen molar-refractivity contribution >= 4 is 5.97 Å². The van der Waals surface area contributed by atoms with E-state index in [1.54, 1.807) is 0 Å². The second-order valence-corrected chi connectivity index (χ2v) is 4.56. The molecule has 0 saturated heterocycles. The largest absolute Gasteiger partial charge is 0.468 e. The smallest absolute Gasteiger partial charge is 0.322 e. The number of nitrogens with two attached hydrogens (primary N) is 1. The monoisotopic (exact) mass is 253 g/mol. The molecule has 2 N–H and O–H groups in total. The minimum absolute atomic E-state index is 0.380. The molecule has 1 aromatic rings. The minimum Gasteiger partial charge on any atom is -0.468 e. The molecule has 0 aliphatic carbocycles. The van der Waals surface area contributed by atoms with Crippen LogP contribution < -0.4 is 5.73 Å². The second kappa shape index (κ2) is 6.54. The highest BCUT2D eigenvalue weighted by Crippen LogP contribution is 2.15. The fourth-order valence-electron chi connectivity index (χ4n) is 2.01. The number of carbonyl (C=O) groups excluding carboxylic acids is 1. The molecule has 1 unspecified atom stereocenters. The van der Waals surface area contributed by atoms with Crippen molar-refractivity contribution in [3.05, 3.63) is 17.0 Å². The Bertz CT molecular complexity index is 413. The van der Waals surface area contributed by atoms with Gasteiger partial charge in [-0.3, -0.25) is 9.48 Å². The zero-order valence-electron chi connectivity index (χ0n) is 11.7. The van der Waals surface area contributed by atoms with Gasteiger partial charge in [-0.05, 0) is 25.8 Å². The van der Waals surface area contributed by atoms with E-state index in [2.05, 4.69) is 16.8 Å². The molecule has 1 rings (SSSR count). The number of unbranched alkanes of at least 4 members (excludes halogenated alkanes) is 1. The van der Waals surface area contributed by atoms with Crippen LogP contribution in [0.25, 0.3) is 0 Å². The van der Waals surface area contributed by atoms with Crippen LogP contribution in [0.5, 0.6) is 0 Å². The Labute approximate surface area is 108 Å². The summed E-state index contributed by atoms with van der Waals surface area (Å²) >= 11 is 0. The summed E-state index contributed by atoms with van der Waals surface area (Å²) in [6.45, 7) is 7.04. The van der Waals surface area contributed by atoms with E-state index in [9.17, 15) is 4.79 Å². The highest BCUT2D eigenvalue weighted by Gasteiger charge is 2.19. The number of ether oxygens (including phenoxy) is 1. The molecule has 1 atom stereocenters. The number of nitrogens with zero attached hydrogens (tertiary/aromatic N) is 2. The van der Waals surface area contributed by atoms with E-state index in [4.69, 9.17) is 5.73 Å². The lowest BCUT2D eigenvalue weighted by atomic mass is 10.0. The van der Waals surface area contributed by atoms with E-state index in [0.29, 0.717) is 6.42 Å². The third-order valence-corrected chi connectivity index (χ3v) is 3.18. The summed E-state index contributed by atoms with van der Waals surface area (Å²) in [4.78, 5) is 11.3. The van der Waals surface area contributed by atoms with Gasteiger partial charge in [-0.15, -0.1) is 0 Å². The molecule has 1 aromatic heterocycles. The Balaban J connectivity index is 2.82. The Kier molecular flexibility index (Phi) is 5.34. The maximum Gasteiger partial charge on any atom is 0.322 e. The van der Waals surface area contributed by atoms with Crippen molar-refractivity contribution < 1.29 is 9.53 Å². The first-order valence-corrected chi connectivity index (χ1v) is 6.37. The van der Waals surface area contributed by atoms with Gasteiger partial charge < -0.3 is 10.5 Å². The van der Waals surface area contributed by atoms with Crippen molar-refractivity contribution in [1.82, 2.24) is 9.78 Å². The summed E-state index contributed by atoms with van der Waals surface area (Å²) in [6, 6.07) is -0.615. The van der Waals surface area contributed by atoms with Crippen LogP contribution in [0.15, 0.2) is 0 Å². The molecule has 0 saturated carbocycles. The van der Waals surface area contributed by atoms with E-state index in [1.807, 2.05) is 18.5 Å². The number of rotatable bonds is 6. The second-order valence-electron chi connectivity index (χ2n) is 4.56. The lowest BCUT2D eigenvalue weighted by Gasteiger charge is -2.09. The van der Waals surface area contributed by atoms with Gasteiger partial charge in [-0.25, -0.2) is 0 Å². The molecule has 18 heavy (non-hydrogen) atoms. The first-order chi connectivity index (χ1) is 8.51. The number of aromatic nitrogens is 2. The minimum atomic E-state index is -0.615. The van der Waals surface area contributed by atoms with Crippen LogP contribution in [0.4, 0.5) is 0 Å². The first kappa shape index (κ1) is 14.7. The van der Waals surface area contributed by atoms with Gasteiger partial charge in [0.1, 0.15) is 6.04 Å². The highest BCUT2D eigenvalue weighted by atomic mass is 16.5. The standard InChI is InChI=1S/C13H23N3O2/c1-5-6-7-16-10(3)11(9(2)15-16)8-12(14)13(17)18-4/h12H,5-8,14H2,1-4H3. The Morgan fingerprint density at radius 1 is 1.50 bits per heavy atom. The van der Waals surface area contributed by atoms with E-state index >= 15 is 0 Å². The molecule has 102 valence electrons. The van der Waals surface area contributed by atoms with Gasteiger partial charge in [0, 0.05) is 18.7 Å². The van der Waals surface area contributed by atoms with E-state index < -0.39 is 6.04 Å². The quantitative estimate of drug-likeness (QED) is 0.777. The van der Waals surface area contributed by atoms with Crippen molar-refractivity contribution in [3.63, 3.8) is 0 Å². The zero-order chi connectivity index (χ0) is 13.7. The maximum atomic E-state index is 11.3. The number of hydrogen-bond donors (Lipinski definition) is 1. The average Bonchev–Trinajstić information content (AvgIpc) is 2.62. The summed E-state index contributed by atoms with van der Waals surface area (Å²) in [7, 11) is 1.35. The van der Waals surface area contributed by atoms with Gasteiger partial charge in [0.15, 0.2) is 0 Å². The van der Waals surface area contributed by atoms with Gasteiger partial charge in [0.25, 0.3) is 0 Å². The van der Waals surface area contributed by atoms with Crippen molar-refractivity contribution in [2.45, 2.75) is 52.6 Å². The van der Waals surface area contributed by atoms with Crippen molar-refractivity contribution in [2.24, 2.45) is 5.73 Å². The Morgan fingerprint density at radius 2 is 2.17 bits per heavy atom. The molecule has 0 radical (unpaired) electrons. The van der Waals surface area contributed by atoms with Crippen molar-refractivity contribution in [1.29, 1.82) is 0 Å². The van der Waals surface area contributed by atoms with Crippen LogP contribution in [0, 0.1) is 13.8 Å². The van der Waals surface area contributed by atoms with Crippen LogP contribution in [-0.4, -0.2) is 28.9 Å². The van der Waals surface area contributed by atoms with Crippen molar-refractivity contribution in [3.8, 4) is 0 Å². The molecule has 0 amide bonds. The summed E-state index contributed by atoms with van der Waals surface area (Å²) in [6.07, 6.45) is 2.72. The van der Waals surface area contributed by atoms with Crippen molar-refractivity contribution in [2.75, 3.05) is 7.11 Å². The Morgan fingerprint density at radius 3 is 2.72 bits per heavy atom. The van der Waals surface area contributed by atoms with Gasteiger partial charge in [0.05, 0.1) is 12.8 Å². The van der Waals surface area contributed by atoms with E-state index in [1.165, 1.54) is 7.11 Å². The normalized spacial score (nSPS) is 12.5. The summed E-state index contributed by atoms with van der Waals surface area (Å²) in [5, 5.41) is 4.49. The average molecular weight is 253 g/mol. The first-order valence-electron chi connectivity index (χ1n) is 6.37. The summed E-state index contributed by atoms with van der Waals surface area (Å²) in [5.41, 5.74) is 8.90. The van der Waals surface area contributed by atoms with Crippen LogP contribution in [0.3, 0.4) is 0 Å². The number of hydrogen-bond acceptors (Lipinski definition) is 4. The fourth-order valence-corrected chi connectivity index (χ4v) is 2.01. The fraction of sp³-hybridized carbons (Fsp3) is 0.692. The number of carbonyl (C=O) groups is 1. The van der Waals surface area contributed by atoms with Gasteiger partial charge in [-0.2, -0.15) is 5.10 Å². The van der Waals surface area contributed by atoms with Crippen LogP contribution >= 0.6 is 0 Å².